The average Bonchev–Trinajstić information content (AvgIpc) is 2.73. The Hall–Kier alpha value is -3.72. The number of nitrogens with zero attached hydrogens (tertiary/aromatic N) is 4. The van der Waals surface area contributed by atoms with Gasteiger partial charge >= 0.3 is 0 Å². The highest BCUT2D eigenvalue weighted by Crippen LogP contribution is 2.28. The molecule has 0 spiro atoms. The van der Waals surface area contributed by atoms with Gasteiger partial charge < -0.3 is 26.8 Å². The van der Waals surface area contributed by atoms with Gasteiger partial charge in [-0.05, 0) is 31.2 Å². The van der Waals surface area contributed by atoms with E-state index in [0.29, 0.717) is 23.5 Å². The Morgan fingerprint density at radius 1 is 1.24 bits per heavy atom. The van der Waals surface area contributed by atoms with Crippen LogP contribution in [0.3, 0.4) is 0 Å². The molecule has 0 bridgehead atoms. The number of nitrogens with one attached hydrogen (secondary N) is 1. The summed E-state index contributed by atoms with van der Waals surface area (Å²) in [6.07, 6.45) is 5.43. The lowest BCUT2D eigenvalue weighted by molar-refractivity contribution is 0.102. The molecule has 0 saturated heterocycles. The molecule has 3 rings (SSSR count). The molecule has 0 saturated carbocycles. The molecule has 0 unspecified atom stereocenters. The average molecular weight is 393 g/mol. The van der Waals surface area contributed by atoms with Gasteiger partial charge in [-0.3, -0.25) is 9.78 Å². The molecule has 0 fully saturated rings. The molecule has 29 heavy (non-hydrogen) atoms. The fraction of sp³-hybridized carbons (Fsp3) is 0.200. The first kappa shape index (κ1) is 20.0. The highest BCUT2D eigenvalue weighted by molar-refractivity contribution is 6.07. The van der Waals surface area contributed by atoms with Gasteiger partial charge in [-0.25, -0.2) is 9.97 Å². The van der Waals surface area contributed by atoms with Crippen LogP contribution in [0.15, 0.2) is 48.9 Å². The van der Waals surface area contributed by atoms with E-state index in [2.05, 4.69) is 20.3 Å². The van der Waals surface area contributed by atoms with Crippen LogP contribution in [0.1, 0.15) is 16.9 Å². The van der Waals surface area contributed by atoms with E-state index >= 15 is 0 Å². The summed E-state index contributed by atoms with van der Waals surface area (Å²) < 4.78 is 0. The van der Waals surface area contributed by atoms with Crippen molar-refractivity contribution < 1.29 is 9.90 Å². The second-order valence-electron chi connectivity index (χ2n) is 6.42. The zero-order valence-corrected chi connectivity index (χ0v) is 16.0. The number of phenolic OH excluding ortho intramolecular Hbond substituents is 1. The Balaban J connectivity index is 1.89. The number of para-hydroxylation sites is 1. The Labute approximate surface area is 168 Å². The van der Waals surface area contributed by atoms with E-state index in [-0.39, 0.29) is 17.3 Å². The third kappa shape index (κ3) is 4.58. The van der Waals surface area contributed by atoms with Gasteiger partial charge in [0, 0.05) is 25.4 Å². The molecular formula is C20H23N7O2. The fourth-order valence-electron chi connectivity index (χ4n) is 2.83. The number of phenols is 1. The monoisotopic (exact) mass is 393 g/mol. The molecular weight excluding hydrogens is 370 g/mol. The number of rotatable bonds is 7. The highest BCUT2D eigenvalue weighted by Gasteiger charge is 2.18. The zero-order chi connectivity index (χ0) is 20.8. The number of amides is 1. The summed E-state index contributed by atoms with van der Waals surface area (Å²) >= 11 is 0. The predicted octanol–water partition coefficient (Wildman–Crippen LogP) is 1.86. The van der Waals surface area contributed by atoms with Crippen LogP contribution in [-0.4, -0.2) is 46.1 Å². The van der Waals surface area contributed by atoms with Crippen molar-refractivity contribution in [3.8, 4) is 17.0 Å². The van der Waals surface area contributed by atoms with Crippen molar-refractivity contribution in [2.24, 2.45) is 5.73 Å². The number of nitrogens with two attached hydrogens (primary N) is 2. The minimum Gasteiger partial charge on any atom is -0.507 e. The summed E-state index contributed by atoms with van der Waals surface area (Å²) in [6.45, 7) is 1.30. The molecule has 0 aliphatic carbocycles. The van der Waals surface area contributed by atoms with Crippen LogP contribution in [0.4, 0.5) is 17.2 Å². The molecule has 0 aliphatic rings. The number of carbonyl (C=O) groups is 1. The quantitative estimate of drug-likeness (QED) is 0.476. The fourth-order valence-corrected chi connectivity index (χ4v) is 2.83. The Morgan fingerprint density at radius 3 is 2.79 bits per heavy atom. The van der Waals surface area contributed by atoms with Crippen LogP contribution in [0.2, 0.25) is 0 Å². The molecule has 3 aromatic rings. The van der Waals surface area contributed by atoms with Crippen molar-refractivity contribution in [2.45, 2.75) is 6.42 Å². The van der Waals surface area contributed by atoms with Crippen LogP contribution in [-0.2, 0) is 0 Å². The van der Waals surface area contributed by atoms with Gasteiger partial charge in [-0.15, -0.1) is 0 Å². The Morgan fingerprint density at radius 2 is 2.03 bits per heavy atom. The molecule has 0 radical (unpaired) electrons. The van der Waals surface area contributed by atoms with Crippen LogP contribution >= 0.6 is 0 Å². The number of anilines is 3. The van der Waals surface area contributed by atoms with Crippen LogP contribution in [0.25, 0.3) is 11.3 Å². The third-order valence-corrected chi connectivity index (χ3v) is 4.35. The molecule has 0 atom stereocenters. The molecule has 0 aliphatic heterocycles. The van der Waals surface area contributed by atoms with Gasteiger partial charge in [-0.2, -0.15) is 0 Å². The number of benzene rings is 1. The number of nitrogen functional groups attached to an aromatic ring is 1. The Bertz CT molecular complexity index is 1010. The summed E-state index contributed by atoms with van der Waals surface area (Å²) in [6, 6.07) is 8.48. The van der Waals surface area contributed by atoms with Gasteiger partial charge in [-0.1, -0.05) is 12.1 Å². The van der Waals surface area contributed by atoms with E-state index in [4.69, 9.17) is 11.5 Å². The summed E-state index contributed by atoms with van der Waals surface area (Å²) in [7, 11) is 1.91. The molecule has 1 aromatic carbocycles. The van der Waals surface area contributed by atoms with Crippen molar-refractivity contribution >= 4 is 23.1 Å². The first-order valence-electron chi connectivity index (χ1n) is 9.08. The van der Waals surface area contributed by atoms with E-state index in [0.717, 1.165) is 18.7 Å². The summed E-state index contributed by atoms with van der Waals surface area (Å²) in [5.41, 5.74) is 13.5. The highest BCUT2D eigenvalue weighted by atomic mass is 16.3. The second-order valence-corrected chi connectivity index (χ2v) is 6.42. The van der Waals surface area contributed by atoms with Crippen molar-refractivity contribution in [3.63, 3.8) is 0 Å². The number of hydrogen-bond acceptors (Lipinski definition) is 8. The van der Waals surface area contributed by atoms with Gasteiger partial charge in [0.2, 0.25) is 0 Å². The predicted molar refractivity (Wildman–Crippen MR) is 113 cm³/mol. The van der Waals surface area contributed by atoms with Gasteiger partial charge in [0.15, 0.2) is 11.5 Å². The number of aromatic nitrogens is 3. The number of carbonyl (C=O) groups excluding carboxylic acids is 1. The molecule has 1 amide bonds. The molecule has 9 heteroatoms. The zero-order valence-electron chi connectivity index (χ0n) is 16.0. The number of hydrogen-bond donors (Lipinski definition) is 4. The van der Waals surface area contributed by atoms with Gasteiger partial charge in [0.1, 0.15) is 5.75 Å². The van der Waals surface area contributed by atoms with E-state index in [9.17, 15) is 9.90 Å². The normalized spacial score (nSPS) is 10.6. The summed E-state index contributed by atoms with van der Waals surface area (Å²) in [5.74, 6) is -0.494. The lowest BCUT2D eigenvalue weighted by Gasteiger charge is -2.22. The maximum absolute atomic E-state index is 12.9. The lowest BCUT2D eigenvalue weighted by atomic mass is 10.1. The molecule has 6 N–H and O–H groups in total. The molecule has 9 nitrogen and oxygen atoms in total. The van der Waals surface area contributed by atoms with Crippen LogP contribution in [0, 0.1) is 0 Å². The SMILES string of the molecule is CN(CCCN)c1ccncc1NC(=O)c1nc(-c2ccccc2O)cnc1N. The maximum atomic E-state index is 12.9. The van der Waals surface area contributed by atoms with E-state index in [1.165, 1.54) is 12.3 Å². The smallest absolute Gasteiger partial charge is 0.278 e. The second kappa shape index (κ2) is 8.98. The van der Waals surface area contributed by atoms with Gasteiger partial charge in [0.05, 0.1) is 29.5 Å². The van der Waals surface area contributed by atoms with Crippen molar-refractivity contribution in [3.05, 3.63) is 54.6 Å². The number of pyridine rings is 1. The summed E-state index contributed by atoms with van der Waals surface area (Å²) in [4.78, 5) is 27.3. The lowest BCUT2D eigenvalue weighted by Crippen LogP contribution is -2.24. The van der Waals surface area contributed by atoms with Crippen molar-refractivity contribution in [1.82, 2.24) is 15.0 Å². The van der Waals surface area contributed by atoms with Gasteiger partial charge in [0.25, 0.3) is 5.91 Å². The standard InChI is InChI=1S/C20H23N7O2/c1-27(10-4-8-21)16-7-9-23-11-15(16)26-20(29)18-19(22)24-12-14(25-18)13-5-2-3-6-17(13)28/h2-3,5-7,9,11-12,28H,4,8,10,21H2,1H3,(H2,22,24)(H,26,29). The van der Waals surface area contributed by atoms with Crippen LogP contribution < -0.4 is 21.7 Å². The topological polar surface area (TPSA) is 143 Å². The molecule has 2 heterocycles. The van der Waals surface area contributed by atoms with Crippen molar-refractivity contribution in [2.75, 3.05) is 36.1 Å². The third-order valence-electron chi connectivity index (χ3n) is 4.35. The molecule has 2 aromatic heterocycles. The maximum Gasteiger partial charge on any atom is 0.278 e. The number of aromatic hydroxyl groups is 1. The minimum absolute atomic E-state index is 0.0106. The van der Waals surface area contributed by atoms with E-state index in [1.54, 1.807) is 36.7 Å². The molecule has 150 valence electrons. The largest absolute Gasteiger partial charge is 0.507 e. The Kier molecular flexibility index (Phi) is 6.20. The minimum atomic E-state index is -0.520. The van der Waals surface area contributed by atoms with E-state index < -0.39 is 5.91 Å². The first-order chi connectivity index (χ1) is 14.0. The summed E-state index contributed by atoms with van der Waals surface area (Å²) in [5, 5.41) is 12.8. The van der Waals surface area contributed by atoms with Crippen LogP contribution in [0.5, 0.6) is 5.75 Å². The van der Waals surface area contributed by atoms with Crippen molar-refractivity contribution in [1.29, 1.82) is 0 Å². The van der Waals surface area contributed by atoms with E-state index in [1.807, 2.05) is 11.9 Å². The first-order valence-corrected chi connectivity index (χ1v) is 9.08.